The van der Waals surface area contributed by atoms with Gasteiger partial charge in [0.1, 0.15) is 0 Å². The van der Waals surface area contributed by atoms with Gasteiger partial charge in [-0.25, -0.2) is 0 Å². The Labute approximate surface area is 116 Å². The quantitative estimate of drug-likeness (QED) is 0.790. The Hall–Kier alpha value is -0.650. The highest BCUT2D eigenvalue weighted by Crippen LogP contribution is 2.15. The molecule has 0 aromatic carbocycles. The van der Waals surface area contributed by atoms with Crippen molar-refractivity contribution >= 4 is 5.91 Å². The summed E-state index contributed by atoms with van der Waals surface area (Å²) >= 11 is 0. The van der Waals surface area contributed by atoms with Crippen LogP contribution in [0.15, 0.2) is 0 Å². The van der Waals surface area contributed by atoms with Gasteiger partial charge in [0.2, 0.25) is 5.91 Å². The molecule has 5 heteroatoms. The van der Waals surface area contributed by atoms with Gasteiger partial charge >= 0.3 is 0 Å². The molecule has 2 aliphatic heterocycles. The number of ether oxygens (including phenoxy) is 1. The van der Waals surface area contributed by atoms with E-state index in [-0.39, 0.29) is 18.0 Å². The van der Waals surface area contributed by atoms with E-state index in [0.29, 0.717) is 12.6 Å². The lowest BCUT2D eigenvalue weighted by molar-refractivity contribution is -0.131. The summed E-state index contributed by atoms with van der Waals surface area (Å²) in [4.78, 5) is 16.7. The Bertz CT molecular complexity index is 303. The minimum atomic E-state index is 0.0205. The summed E-state index contributed by atoms with van der Waals surface area (Å²) in [5.41, 5.74) is 0. The Morgan fingerprint density at radius 2 is 2.00 bits per heavy atom. The number of amides is 1. The fourth-order valence-electron chi connectivity index (χ4n) is 2.86. The first-order chi connectivity index (χ1) is 9.08. The maximum atomic E-state index is 12.3. The van der Waals surface area contributed by atoms with Crippen LogP contribution in [0.2, 0.25) is 0 Å². The van der Waals surface area contributed by atoms with Crippen LogP contribution in [0, 0.1) is 5.92 Å². The van der Waals surface area contributed by atoms with Crippen molar-refractivity contribution in [1.82, 2.24) is 15.1 Å². The Balaban J connectivity index is 1.82. The van der Waals surface area contributed by atoms with Crippen LogP contribution >= 0.6 is 0 Å². The lowest BCUT2D eigenvalue weighted by atomic mass is 10.0. The van der Waals surface area contributed by atoms with Crippen molar-refractivity contribution in [2.24, 2.45) is 5.92 Å². The second-order valence-electron chi connectivity index (χ2n) is 6.11. The Kier molecular flexibility index (Phi) is 5.19. The number of nitrogens with one attached hydrogen (secondary N) is 1. The van der Waals surface area contributed by atoms with Crippen molar-refractivity contribution in [1.29, 1.82) is 0 Å². The van der Waals surface area contributed by atoms with Crippen molar-refractivity contribution in [3.8, 4) is 0 Å². The van der Waals surface area contributed by atoms with Crippen LogP contribution in [0.3, 0.4) is 0 Å². The van der Waals surface area contributed by atoms with Gasteiger partial charge in [-0.2, -0.15) is 0 Å². The fourth-order valence-corrected chi connectivity index (χ4v) is 2.86. The lowest BCUT2D eigenvalue weighted by Crippen LogP contribution is -2.47. The molecule has 2 rings (SSSR count). The molecule has 0 bridgehead atoms. The minimum absolute atomic E-state index is 0.0205. The third-order valence-electron chi connectivity index (χ3n) is 3.95. The first kappa shape index (κ1) is 14.8. The van der Waals surface area contributed by atoms with Crippen molar-refractivity contribution < 1.29 is 9.53 Å². The van der Waals surface area contributed by atoms with Crippen molar-refractivity contribution in [2.45, 2.75) is 39.3 Å². The van der Waals surface area contributed by atoms with E-state index in [1.165, 1.54) is 0 Å². The standard InChI is InChI=1S/C14H27N3O2/c1-11(2)8-13-14(18)17(10-15-13)12(3)9-16-4-6-19-7-5-16/h11-13,15H,4-10H2,1-3H3. The normalized spacial score (nSPS) is 27.3. The third-order valence-corrected chi connectivity index (χ3v) is 3.95. The zero-order valence-corrected chi connectivity index (χ0v) is 12.4. The summed E-state index contributed by atoms with van der Waals surface area (Å²) in [5.74, 6) is 0.824. The van der Waals surface area contributed by atoms with Crippen molar-refractivity contribution in [2.75, 3.05) is 39.5 Å². The molecule has 2 unspecified atom stereocenters. The smallest absolute Gasteiger partial charge is 0.241 e. The summed E-state index contributed by atoms with van der Waals surface area (Å²) < 4.78 is 5.35. The minimum Gasteiger partial charge on any atom is -0.379 e. The van der Waals surface area contributed by atoms with Crippen LogP contribution in [0.1, 0.15) is 27.2 Å². The molecular weight excluding hydrogens is 242 g/mol. The molecule has 1 amide bonds. The van der Waals surface area contributed by atoms with Gasteiger partial charge < -0.3 is 9.64 Å². The summed E-state index contributed by atoms with van der Waals surface area (Å²) in [7, 11) is 0. The molecule has 2 heterocycles. The first-order valence-electron chi connectivity index (χ1n) is 7.42. The second-order valence-corrected chi connectivity index (χ2v) is 6.11. The first-order valence-corrected chi connectivity index (χ1v) is 7.42. The highest BCUT2D eigenvalue weighted by Gasteiger charge is 2.34. The molecule has 2 fully saturated rings. The fraction of sp³-hybridized carbons (Fsp3) is 0.929. The zero-order chi connectivity index (χ0) is 13.8. The number of carbonyl (C=O) groups is 1. The van der Waals surface area contributed by atoms with E-state index in [1.807, 2.05) is 4.90 Å². The highest BCUT2D eigenvalue weighted by atomic mass is 16.5. The number of rotatable bonds is 5. The van der Waals surface area contributed by atoms with Crippen molar-refractivity contribution in [3.63, 3.8) is 0 Å². The highest BCUT2D eigenvalue weighted by molar-refractivity contribution is 5.84. The van der Waals surface area contributed by atoms with Crippen LogP contribution in [-0.4, -0.2) is 67.3 Å². The number of morpholine rings is 1. The average Bonchev–Trinajstić information content (AvgIpc) is 2.72. The van der Waals surface area contributed by atoms with Crippen LogP contribution in [-0.2, 0) is 9.53 Å². The molecule has 0 aromatic rings. The van der Waals surface area contributed by atoms with Gasteiger partial charge in [0.25, 0.3) is 0 Å². The van der Waals surface area contributed by atoms with Gasteiger partial charge in [-0.1, -0.05) is 13.8 Å². The Morgan fingerprint density at radius 3 is 2.63 bits per heavy atom. The largest absolute Gasteiger partial charge is 0.379 e. The molecule has 1 N–H and O–H groups in total. The molecule has 0 aliphatic carbocycles. The van der Waals surface area contributed by atoms with Gasteiger partial charge in [-0.05, 0) is 19.3 Å². The second kappa shape index (κ2) is 6.68. The van der Waals surface area contributed by atoms with Gasteiger partial charge in [0.05, 0.1) is 25.9 Å². The molecule has 0 aromatic heterocycles. The molecule has 2 saturated heterocycles. The molecular formula is C14H27N3O2. The molecule has 0 saturated carbocycles. The summed E-state index contributed by atoms with van der Waals surface area (Å²) in [6.07, 6.45) is 0.930. The van der Waals surface area contributed by atoms with Crippen molar-refractivity contribution in [3.05, 3.63) is 0 Å². The SMILES string of the molecule is CC(C)CC1NCN(C(C)CN2CCOCC2)C1=O. The summed E-state index contributed by atoms with van der Waals surface area (Å²) in [6, 6.07) is 0.294. The predicted molar refractivity (Wildman–Crippen MR) is 74.8 cm³/mol. The van der Waals surface area contributed by atoms with E-state index >= 15 is 0 Å². The van der Waals surface area contributed by atoms with Crippen LogP contribution in [0.25, 0.3) is 0 Å². The topological polar surface area (TPSA) is 44.8 Å². The Morgan fingerprint density at radius 1 is 1.32 bits per heavy atom. The van der Waals surface area contributed by atoms with Crippen LogP contribution < -0.4 is 5.32 Å². The van der Waals surface area contributed by atoms with E-state index in [4.69, 9.17) is 4.74 Å². The van der Waals surface area contributed by atoms with Gasteiger partial charge in [0, 0.05) is 25.7 Å². The molecule has 2 aliphatic rings. The third kappa shape index (κ3) is 3.91. The summed E-state index contributed by atoms with van der Waals surface area (Å²) in [6.45, 7) is 11.7. The number of carbonyl (C=O) groups excluding carboxylic acids is 1. The number of hydrogen-bond acceptors (Lipinski definition) is 4. The van der Waals surface area contributed by atoms with E-state index < -0.39 is 0 Å². The zero-order valence-electron chi connectivity index (χ0n) is 12.4. The molecule has 5 nitrogen and oxygen atoms in total. The summed E-state index contributed by atoms with van der Waals surface area (Å²) in [5, 5.41) is 3.34. The predicted octanol–water partition coefficient (Wildman–Crippen LogP) is 0.511. The molecule has 110 valence electrons. The molecule has 2 atom stereocenters. The van der Waals surface area contributed by atoms with Crippen LogP contribution in [0.4, 0.5) is 0 Å². The maximum Gasteiger partial charge on any atom is 0.241 e. The van der Waals surface area contributed by atoms with E-state index in [2.05, 4.69) is 31.0 Å². The van der Waals surface area contributed by atoms with E-state index in [9.17, 15) is 4.79 Å². The van der Waals surface area contributed by atoms with Crippen LogP contribution in [0.5, 0.6) is 0 Å². The average molecular weight is 269 g/mol. The molecule has 0 spiro atoms. The maximum absolute atomic E-state index is 12.3. The lowest BCUT2D eigenvalue weighted by Gasteiger charge is -2.32. The van der Waals surface area contributed by atoms with Gasteiger partial charge in [0.15, 0.2) is 0 Å². The number of nitrogens with zero attached hydrogens (tertiary/aromatic N) is 2. The number of hydrogen-bond donors (Lipinski definition) is 1. The monoisotopic (exact) mass is 269 g/mol. The van der Waals surface area contributed by atoms with E-state index in [1.54, 1.807) is 0 Å². The van der Waals surface area contributed by atoms with Gasteiger partial charge in [-0.15, -0.1) is 0 Å². The molecule has 0 radical (unpaired) electrons. The molecule has 19 heavy (non-hydrogen) atoms. The van der Waals surface area contributed by atoms with Gasteiger partial charge in [-0.3, -0.25) is 15.0 Å². The van der Waals surface area contributed by atoms with E-state index in [0.717, 1.165) is 39.3 Å².